The van der Waals surface area contributed by atoms with Crippen molar-refractivity contribution in [2.45, 2.75) is 0 Å². The van der Waals surface area contributed by atoms with Crippen LogP contribution in [0.2, 0.25) is 5.02 Å². The molecule has 0 spiro atoms. The summed E-state index contributed by atoms with van der Waals surface area (Å²) in [6.07, 6.45) is 0. The van der Waals surface area contributed by atoms with E-state index in [0.717, 1.165) is 10.9 Å². The molecule has 0 unspecified atom stereocenters. The number of halogens is 1. The number of nitriles is 1. The Hall–Kier alpha value is -2.57. The highest BCUT2D eigenvalue weighted by Gasteiger charge is 2.12. The molecule has 0 aliphatic heterocycles. The van der Waals surface area contributed by atoms with E-state index < -0.39 is 0 Å². The Kier molecular flexibility index (Phi) is 3.24. The normalized spacial score (nSPS) is 10.2. The van der Waals surface area contributed by atoms with Gasteiger partial charge in [0.15, 0.2) is 0 Å². The SMILES string of the molecule is N#Cc1cc(Oc2ccc(Cl)cc2)[nH+]c2ccccc12. The van der Waals surface area contributed by atoms with E-state index in [-0.39, 0.29) is 0 Å². The molecule has 2 aromatic carbocycles. The van der Waals surface area contributed by atoms with Gasteiger partial charge in [0, 0.05) is 11.1 Å². The number of benzene rings is 2. The Balaban J connectivity index is 2.04. The smallest absolute Gasteiger partial charge is 0.373 e. The van der Waals surface area contributed by atoms with Crippen LogP contribution in [-0.2, 0) is 0 Å². The maximum atomic E-state index is 9.23. The number of nitrogens with zero attached hydrogens (tertiary/aromatic N) is 1. The van der Waals surface area contributed by atoms with Gasteiger partial charge in [-0.1, -0.05) is 23.7 Å². The van der Waals surface area contributed by atoms with E-state index in [1.165, 1.54) is 0 Å². The van der Waals surface area contributed by atoms with Gasteiger partial charge in [-0.05, 0) is 30.3 Å². The maximum Gasteiger partial charge on any atom is 0.373 e. The van der Waals surface area contributed by atoms with Crippen molar-refractivity contribution in [3.8, 4) is 17.7 Å². The molecule has 96 valence electrons. The second kappa shape index (κ2) is 5.20. The fraction of sp³-hybridized carbons (Fsp3) is 0. The van der Waals surface area contributed by atoms with Crippen LogP contribution in [0.15, 0.2) is 54.6 Å². The van der Waals surface area contributed by atoms with Gasteiger partial charge in [-0.15, -0.1) is 0 Å². The molecule has 3 nitrogen and oxygen atoms in total. The van der Waals surface area contributed by atoms with Gasteiger partial charge in [0.1, 0.15) is 11.8 Å². The van der Waals surface area contributed by atoms with Crippen LogP contribution < -0.4 is 9.72 Å². The minimum absolute atomic E-state index is 0.516. The highest BCUT2D eigenvalue weighted by molar-refractivity contribution is 6.30. The zero-order chi connectivity index (χ0) is 13.9. The van der Waals surface area contributed by atoms with E-state index in [2.05, 4.69) is 11.1 Å². The predicted molar refractivity (Wildman–Crippen MR) is 76.7 cm³/mol. The van der Waals surface area contributed by atoms with Crippen molar-refractivity contribution >= 4 is 22.5 Å². The summed E-state index contributed by atoms with van der Waals surface area (Å²) in [6.45, 7) is 0. The lowest BCUT2D eigenvalue weighted by Crippen LogP contribution is -2.09. The topological polar surface area (TPSA) is 47.2 Å². The van der Waals surface area contributed by atoms with Crippen molar-refractivity contribution in [2.24, 2.45) is 0 Å². The fourth-order valence-electron chi connectivity index (χ4n) is 1.98. The molecule has 0 aliphatic rings. The molecule has 0 amide bonds. The number of H-pyrrole nitrogens is 1. The summed E-state index contributed by atoms with van der Waals surface area (Å²) in [6, 6.07) is 18.5. The summed E-state index contributed by atoms with van der Waals surface area (Å²) in [5.74, 6) is 1.17. The molecule has 3 aromatic rings. The largest absolute Gasteiger partial charge is 0.405 e. The summed E-state index contributed by atoms with van der Waals surface area (Å²) in [4.78, 5) is 3.16. The second-order valence-electron chi connectivity index (χ2n) is 4.26. The summed E-state index contributed by atoms with van der Waals surface area (Å²) in [5, 5.41) is 10.7. The van der Waals surface area contributed by atoms with E-state index in [0.29, 0.717) is 22.2 Å². The van der Waals surface area contributed by atoms with Gasteiger partial charge in [-0.2, -0.15) is 10.2 Å². The molecule has 1 heterocycles. The number of hydrogen-bond acceptors (Lipinski definition) is 2. The van der Waals surface area contributed by atoms with Gasteiger partial charge >= 0.3 is 5.88 Å². The number of pyridine rings is 1. The van der Waals surface area contributed by atoms with Crippen LogP contribution >= 0.6 is 11.6 Å². The Morgan fingerprint density at radius 2 is 1.80 bits per heavy atom. The van der Waals surface area contributed by atoms with Crippen LogP contribution in [0, 0.1) is 11.3 Å². The van der Waals surface area contributed by atoms with Gasteiger partial charge in [0.25, 0.3) is 0 Å². The van der Waals surface area contributed by atoms with Gasteiger partial charge in [-0.3, -0.25) is 0 Å². The maximum absolute atomic E-state index is 9.23. The molecule has 0 radical (unpaired) electrons. The minimum atomic E-state index is 0.516. The molecule has 20 heavy (non-hydrogen) atoms. The Bertz CT molecular complexity index is 807. The van der Waals surface area contributed by atoms with Gasteiger partial charge in [0.2, 0.25) is 5.52 Å². The van der Waals surface area contributed by atoms with Crippen LogP contribution in [0.3, 0.4) is 0 Å². The third kappa shape index (κ3) is 2.42. The van der Waals surface area contributed by atoms with Crippen LogP contribution in [0.4, 0.5) is 0 Å². The number of ether oxygens (including phenoxy) is 1. The first-order valence-corrected chi connectivity index (χ1v) is 6.42. The standard InChI is InChI=1S/C16H9ClN2O/c17-12-5-7-13(8-6-12)20-16-9-11(10-18)14-3-1-2-4-15(14)19-16/h1-9H/p+1. The molecule has 1 N–H and O–H groups in total. The van der Waals surface area contributed by atoms with E-state index in [4.69, 9.17) is 16.3 Å². The first-order chi connectivity index (χ1) is 9.76. The van der Waals surface area contributed by atoms with E-state index >= 15 is 0 Å². The molecule has 0 atom stereocenters. The summed E-state index contributed by atoms with van der Waals surface area (Å²) in [5.41, 5.74) is 1.43. The Morgan fingerprint density at radius 3 is 2.55 bits per heavy atom. The number of nitrogens with one attached hydrogen (secondary N) is 1. The van der Waals surface area contributed by atoms with Gasteiger partial charge in [0.05, 0.1) is 17.0 Å². The minimum Gasteiger partial charge on any atom is -0.405 e. The Labute approximate surface area is 121 Å². The molecule has 0 bridgehead atoms. The molecular formula is C16H10ClN2O+. The lowest BCUT2D eigenvalue weighted by atomic mass is 10.1. The third-order valence-electron chi connectivity index (χ3n) is 2.91. The summed E-state index contributed by atoms with van der Waals surface area (Å²) in [7, 11) is 0. The highest BCUT2D eigenvalue weighted by Crippen LogP contribution is 2.23. The van der Waals surface area contributed by atoms with E-state index in [9.17, 15) is 5.26 Å². The first-order valence-electron chi connectivity index (χ1n) is 6.05. The molecule has 1 aromatic heterocycles. The molecule has 0 aliphatic carbocycles. The second-order valence-corrected chi connectivity index (χ2v) is 4.70. The zero-order valence-corrected chi connectivity index (χ0v) is 11.2. The lowest BCUT2D eigenvalue weighted by Gasteiger charge is -2.02. The summed E-state index contributed by atoms with van der Waals surface area (Å²) < 4.78 is 5.72. The van der Waals surface area contributed by atoms with Crippen molar-refractivity contribution in [1.29, 1.82) is 5.26 Å². The van der Waals surface area contributed by atoms with Gasteiger partial charge in [-0.25, -0.2) is 0 Å². The average molecular weight is 282 g/mol. The molecule has 0 saturated carbocycles. The molecule has 4 heteroatoms. The van der Waals surface area contributed by atoms with Crippen LogP contribution in [0.25, 0.3) is 10.9 Å². The van der Waals surface area contributed by atoms with Crippen molar-refractivity contribution in [1.82, 2.24) is 0 Å². The van der Waals surface area contributed by atoms with E-state index in [1.807, 2.05) is 24.3 Å². The number of hydrogen-bond donors (Lipinski definition) is 0. The van der Waals surface area contributed by atoms with Crippen LogP contribution in [-0.4, -0.2) is 0 Å². The number of para-hydroxylation sites is 1. The first kappa shape index (κ1) is 12.5. The molecule has 0 saturated heterocycles. The quantitative estimate of drug-likeness (QED) is 0.713. The van der Waals surface area contributed by atoms with Crippen molar-refractivity contribution in [3.05, 3.63) is 65.2 Å². The predicted octanol–water partition coefficient (Wildman–Crippen LogP) is 3.97. The molecule has 0 fully saturated rings. The highest BCUT2D eigenvalue weighted by atomic mass is 35.5. The Morgan fingerprint density at radius 1 is 1.05 bits per heavy atom. The monoisotopic (exact) mass is 281 g/mol. The van der Waals surface area contributed by atoms with Crippen LogP contribution in [0.1, 0.15) is 5.56 Å². The van der Waals surface area contributed by atoms with Crippen molar-refractivity contribution < 1.29 is 9.72 Å². The molecule has 3 rings (SSSR count). The zero-order valence-electron chi connectivity index (χ0n) is 10.4. The third-order valence-corrected chi connectivity index (χ3v) is 3.16. The number of aromatic amines is 1. The number of rotatable bonds is 2. The van der Waals surface area contributed by atoms with Crippen molar-refractivity contribution in [3.63, 3.8) is 0 Å². The summed E-state index contributed by atoms with van der Waals surface area (Å²) >= 11 is 5.83. The molecular weight excluding hydrogens is 272 g/mol. The number of aromatic nitrogens is 1. The fourth-order valence-corrected chi connectivity index (χ4v) is 2.11. The van der Waals surface area contributed by atoms with Crippen molar-refractivity contribution in [2.75, 3.05) is 0 Å². The van der Waals surface area contributed by atoms with Gasteiger partial charge < -0.3 is 4.74 Å². The average Bonchev–Trinajstić information content (AvgIpc) is 2.49. The van der Waals surface area contributed by atoms with E-state index in [1.54, 1.807) is 30.3 Å². The number of fused-ring (bicyclic) bond motifs is 1. The van der Waals surface area contributed by atoms with Crippen LogP contribution in [0.5, 0.6) is 11.6 Å². The lowest BCUT2D eigenvalue weighted by molar-refractivity contribution is -0.359.